The Morgan fingerprint density at radius 3 is 2.68 bits per heavy atom. The van der Waals surface area contributed by atoms with Crippen molar-refractivity contribution in [3.05, 3.63) is 58.9 Å². The summed E-state index contributed by atoms with van der Waals surface area (Å²) in [6.45, 7) is 1.78. The number of carbonyl (C=O) groups excluding carboxylic acids is 1. The van der Waals surface area contributed by atoms with Gasteiger partial charge in [0.15, 0.2) is 0 Å². The van der Waals surface area contributed by atoms with Gasteiger partial charge in [0.25, 0.3) is 0 Å². The second-order valence-corrected chi connectivity index (χ2v) is 4.73. The molecular weight excluding hydrogens is 260 g/mol. The number of aromatic nitrogens is 4. The molecule has 0 fully saturated rings. The molecule has 2 aromatic heterocycles. The van der Waals surface area contributed by atoms with E-state index in [1.165, 1.54) is 0 Å². The number of hydrogen-bond donors (Lipinski definition) is 0. The van der Waals surface area contributed by atoms with Crippen LogP contribution in [-0.4, -0.2) is 25.2 Å². The molecule has 3 aromatic rings. The molecule has 3 rings (SSSR count). The van der Waals surface area contributed by atoms with Gasteiger partial charge in [-0.2, -0.15) is 5.10 Å². The fraction of sp³-hybridized carbons (Fsp3) is 0.0769. The standard InChI is InChI=1S/C13H10N4OS/c1-9-13(19-16-15-9)12(18)11-7-8-14-17(11)10-5-3-2-4-6-10/h2-8H,1H3. The minimum atomic E-state index is -0.103. The van der Waals surface area contributed by atoms with Crippen LogP contribution in [0.5, 0.6) is 0 Å². The normalized spacial score (nSPS) is 10.6. The van der Waals surface area contributed by atoms with E-state index in [1.807, 2.05) is 30.3 Å². The monoisotopic (exact) mass is 270 g/mol. The molecule has 5 nitrogen and oxygen atoms in total. The van der Waals surface area contributed by atoms with Crippen molar-refractivity contribution in [2.24, 2.45) is 0 Å². The second-order valence-electron chi connectivity index (χ2n) is 3.98. The number of hydrogen-bond acceptors (Lipinski definition) is 5. The number of ketones is 1. The largest absolute Gasteiger partial charge is 0.286 e. The summed E-state index contributed by atoms with van der Waals surface area (Å²) in [5, 5.41) is 8.07. The van der Waals surface area contributed by atoms with E-state index in [9.17, 15) is 4.79 Å². The van der Waals surface area contributed by atoms with E-state index < -0.39 is 0 Å². The Morgan fingerprint density at radius 2 is 2.00 bits per heavy atom. The van der Waals surface area contributed by atoms with Crippen molar-refractivity contribution in [1.82, 2.24) is 19.4 Å². The lowest BCUT2D eigenvalue weighted by molar-refractivity contribution is 0.103. The lowest BCUT2D eigenvalue weighted by atomic mass is 10.2. The zero-order valence-corrected chi connectivity index (χ0v) is 11.0. The van der Waals surface area contributed by atoms with Crippen molar-refractivity contribution in [2.45, 2.75) is 6.92 Å². The first-order chi connectivity index (χ1) is 9.27. The van der Waals surface area contributed by atoms with Crippen LogP contribution >= 0.6 is 11.5 Å². The van der Waals surface area contributed by atoms with Gasteiger partial charge in [-0.3, -0.25) is 4.79 Å². The molecule has 0 atom stereocenters. The van der Waals surface area contributed by atoms with Crippen LogP contribution in [0.3, 0.4) is 0 Å². The van der Waals surface area contributed by atoms with Gasteiger partial charge in [-0.15, -0.1) is 5.10 Å². The Bertz CT molecular complexity index is 717. The molecule has 0 aliphatic heterocycles. The summed E-state index contributed by atoms with van der Waals surface area (Å²) in [5.41, 5.74) is 2.02. The number of para-hydroxylation sites is 1. The van der Waals surface area contributed by atoms with E-state index in [1.54, 1.807) is 23.9 Å². The summed E-state index contributed by atoms with van der Waals surface area (Å²) >= 11 is 1.11. The summed E-state index contributed by atoms with van der Waals surface area (Å²) in [7, 11) is 0. The molecule has 0 bridgehead atoms. The first-order valence-corrected chi connectivity index (χ1v) is 6.48. The van der Waals surface area contributed by atoms with Gasteiger partial charge in [-0.05, 0) is 36.7 Å². The van der Waals surface area contributed by atoms with Gasteiger partial charge in [0.05, 0.1) is 17.6 Å². The fourth-order valence-electron chi connectivity index (χ4n) is 1.81. The Hall–Kier alpha value is -2.34. The highest BCUT2D eigenvalue weighted by atomic mass is 32.1. The van der Waals surface area contributed by atoms with E-state index in [-0.39, 0.29) is 5.78 Å². The number of aryl methyl sites for hydroxylation is 1. The molecule has 0 unspecified atom stereocenters. The number of rotatable bonds is 3. The van der Waals surface area contributed by atoms with Crippen LogP contribution in [0.15, 0.2) is 42.6 Å². The zero-order chi connectivity index (χ0) is 13.2. The van der Waals surface area contributed by atoms with E-state index in [0.29, 0.717) is 16.3 Å². The van der Waals surface area contributed by atoms with Crippen molar-refractivity contribution < 1.29 is 4.79 Å². The molecule has 6 heteroatoms. The molecule has 1 aromatic carbocycles. The number of carbonyl (C=O) groups is 1. The first-order valence-electron chi connectivity index (χ1n) is 5.70. The highest BCUT2D eigenvalue weighted by molar-refractivity contribution is 7.08. The predicted octanol–water partition coefficient (Wildman–Crippen LogP) is 2.26. The molecular formula is C13H10N4OS. The van der Waals surface area contributed by atoms with Crippen LogP contribution in [0, 0.1) is 6.92 Å². The van der Waals surface area contributed by atoms with E-state index in [4.69, 9.17) is 0 Å². The lowest BCUT2D eigenvalue weighted by Crippen LogP contribution is -2.09. The quantitative estimate of drug-likeness (QED) is 0.685. The molecule has 94 valence electrons. The van der Waals surface area contributed by atoms with Crippen molar-refractivity contribution in [3.8, 4) is 5.69 Å². The van der Waals surface area contributed by atoms with Crippen LogP contribution in [0.4, 0.5) is 0 Å². The second kappa shape index (κ2) is 4.74. The van der Waals surface area contributed by atoms with Crippen LogP contribution in [0.25, 0.3) is 5.69 Å². The minimum absolute atomic E-state index is 0.103. The molecule has 0 amide bonds. The van der Waals surface area contributed by atoms with Gasteiger partial charge in [0.1, 0.15) is 10.6 Å². The third kappa shape index (κ3) is 2.06. The van der Waals surface area contributed by atoms with Gasteiger partial charge in [0, 0.05) is 0 Å². The smallest absolute Gasteiger partial charge is 0.224 e. The summed E-state index contributed by atoms with van der Waals surface area (Å²) < 4.78 is 5.42. The minimum Gasteiger partial charge on any atom is -0.286 e. The third-order valence-corrected chi connectivity index (χ3v) is 3.56. The van der Waals surface area contributed by atoms with Crippen LogP contribution in [0.1, 0.15) is 21.1 Å². The third-order valence-electron chi connectivity index (χ3n) is 2.73. The van der Waals surface area contributed by atoms with Crippen LogP contribution in [0.2, 0.25) is 0 Å². The number of benzene rings is 1. The summed E-state index contributed by atoms with van der Waals surface area (Å²) in [4.78, 5) is 13.0. The average molecular weight is 270 g/mol. The van der Waals surface area contributed by atoms with E-state index >= 15 is 0 Å². The maximum atomic E-state index is 12.5. The molecule has 0 spiro atoms. The van der Waals surface area contributed by atoms with Crippen molar-refractivity contribution in [2.75, 3.05) is 0 Å². The van der Waals surface area contributed by atoms with Gasteiger partial charge >= 0.3 is 0 Å². The van der Waals surface area contributed by atoms with Gasteiger partial charge in [-0.25, -0.2) is 4.68 Å². The molecule has 0 aliphatic rings. The number of nitrogens with zero attached hydrogens (tertiary/aromatic N) is 4. The molecule has 0 saturated heterocycles. The maximum Gasteiger partial charge on any atom is 0.224 e. The van der Waals surface area contributed by atoms with Crippen LogP contribution < -0.4 is 0 Å². The molecule has 19 heavy (non-hydrogen) atoms. The molecule has 0 radical (unpaired) electrons. The van der Waals surface area contributed by atoms with Crippen LogP contribution in [-0.2, 0) is 0 Å². The summed E-state index contributed by atoms with van der Waals surface area (Å²) in [6, 6.07) is 11.2. The molecule has 0 saturated carbocycles. The zero-order valence-electron chi connectivity index (χ0n) is 10.1. The van der Waals surface area contributed by atoms with Gasteiger partial charge < -0.3 is 0 Å². The Labute approximate surface area is 113 Å². The molecule has 0 N–H and O–H groups in total. The highest BCUT2D eigenvalue weighted by Crippen LogP contribution is 2.18. The Morgan fingerprint density at radius 1 is 1.21 bits per heavy atom. The van der Waals surface area contributed by atoms with Gasteiger partial charge in [0.2, 0.25) is 5.78 Å². The fourth-order valence-corrected chi connectivity index (χ4v) is 2.41. The van der Waals surface area contributed by atoms with Gasteiger partial charge in [-0.1, -0.05) is 22.7 Å². The van der Waals surface area contributed by atoms with Crippen molar-refractivity contribution in [3.63, 3.8) is 0 Å². The summed E-state index contributed by atoms with van der Waals surface area (Å²) in [5.74, 6) is -0.103. The molecule has 0 aliphatic carbocycles. The lowest BCUT2D eigenvalue weighted by Gasteiger charge is -2.05. The Balaban J connectivity index is 2.06. The Kier molecular flexibility index (Phi) is 2.92. The predicted molar refractivity (Wildman–Crippen MR) is 71.6 cm³/mol. The summed E-state index contributed by atoms with van der Waals surface area (Å²) in [6.07, 6.45) is 1.62. The average Bonchev–Trinajstić information content (AvgIpc) is 3.07. The maximum absolute atomic E-state index is 12.5. The molecule has 2 heterocycles. The highest BCUT2D eigenvalue weighted by Gasteiger charge is 2.19. The van der Waals surface area contributed by atoms with E-state index in [0.717, 1.165) is 17.2 Å². The first kappa shape index (κ1) is 11.7. The van der Waals surface area contributed by atoms with Crippen molar-refractivity contribution in [1.29, 1.82) is 0 Å². The van der Waals surface area contributed by atoms with E-state index in [2.05, 4.69) is 14.7 Å². The van der Waals surface area contributed by atoms with Crippen molar-refractivity contribution >= 4 is 17.3 Å². The SMILES string of the molecule is Cc1nnsc1C(=O)c1ccnn1-c1ccccc1. The topological polar surface area (TPSA) is 60.7 Å².